The van der Waals surface area contributed by atoms with Gasteiger partial charge in [-0.15, -0.1) is 0 Å². The monoisotopic (exact) mass is 431 g/mol. The smallest absolute Gasteiger partial charge is 0.350 e. The molecule has 0 aliphatic carbocycles. The fraction of sp³-hybridized carbons (Fsp3) is 0.400. The highest BCUT2D eigenvalue weighted by molar-refractivity contribution is 7.17. The normalized spacial score (nSPS) is 17.5. The molecule has 1 aromatic heterocycles. The highest BCUT2D eigenvalue weighted by Crippen LogP contribution is 2.37. The van der Waals surface area contributed by atoms with E-state index in [9.17, 15) is 14.4 Å². The summed E-state index contributed by atoms with van der Waals surface area (Å²) in [6, 6.07) is 5.24. The maximum Gasteiger partial charge on any atom is 0.350 e. The first-order valence-corrected chi connectivity index (χ1v) is 10.3. The molecule has 0 saturated carbocycles. The zero-order valence-corrected chi connectivity index (χ0v) is 17.6. The second kappa shape index (κ2) is 7.94. The Morgan fingerprint density at radius 3 is 2.83 bits per heavy atom. The van der Waals surface area contributed by atoms with E-state index in [2.05, 4.69) is 10.3 Å². The van der Waals surface area contributed by atoms with Crippen LogP contribution in [0.2, 0.25) is 0 Å². The molecular formula is C20H21N3O6S. The minimum atomic E-state index is -0.529. The van der Waals surface area contributed by atoms with Crippen molar-refractivity contribution in [3.8, 4) is 11.5 Å². The summed E-state index contributed by atoms with van der Waals surface area (Å²) >= 11 is 1.06. The van der Waals surface area contributed by atoms with Gasteiger partial charge in [0, 0.05) is 24.7 Å². The van der Waals surface area contributed by atoms with Gasteiger partial charge in [0.15, 0.2) is 16.6 Å². The van der Waals surface area contributed by atoms with E-state index >= 15 is 0 Å². The summed E-state index contributed by atoms with van der Waals surface area (Å²) in [6.45, 7) is 5.61. The number of nitrogens with zero attached hydrogens (tertiary/aromatic N) is 2. The molecule has 1 fully saturated rings. The third-order valence-electron chi connectivity index (χ3n) is 4.72. The van der Waals surface area contributed by atoms with Crippen molar-refractivity contribution in [2.75, 3.05) is 23.6 Å². The number of hydrogen-bond donors (Lipinski definition) is 1. The lowest BCUT2D eigenvalue weighted by Gasteiger charge is -2.17. The van der Waals surface area contributed by atoms with Crippen LogP contribution in [-0.4, -0.2) is 42.2 Å². The van der Waals surface area contributed by atoms with Crippen molar-refractivity contribution >= 4 is 39.9 Å². The third kappa shape index (κ3) is 3.95. The van der Waals surface area contributed by atoms with Gasteiger partial charge < -0.3 is 24.4 Å². The zero-order chi connectivity index (χ0) is 21.4. The average molecular weight is 431 g/mol. The number of aromatic nitrogens is 1. The molecule has 2 aromatic rings. The van der Waals surface area contributed by atoms with E-state index in [-0.39, 0.29) is 37.7 Å². The summed E-state index contributed by atoms with van der Waals surface area (Å²) < 4.78 is 15.8. The van der Waals surface area contributed by atoms with Crippen LogP contribution >= 0.6 is 11.3 Å². The predicted molar refractivity (Wildman–Crippen MR) is 109 cm³/mol. The molecule has 2 aliphatic rings. The molecule has 9 nitrogen and oxygen atoms in total. The molecule has 2 amide bonds. The summed E-state index contributed by atoms with van der Waals surface area (Å²) in [6.07, 6.45) is -0.156. The molecule has 0 spiro atoms. The van der Waals surface area contributed by atoms with Crippen LogP contribution in [0.1, 0.15) is 35.6 Å². The maximum absolute atomic E-state index is 12.7. The summed E-state index contributed by atoms with van der Waals surface area (Å²) in [5.74, 6) is -0.253. The number of rotatable bonds is 5. The van der Waals surface area contributed by atoms with E-state index in [4.69, 9.17) is 14.2 Å². The van der Waals surface area contributed by atoms with E-state index in [1.165, 1.54) is 0 Å². The van der Waals surface area contributed by atoms with E-state index < -0.39 is 11.9 Å². The van der Waals surface area contributed by atoms with Gasteiger partial charge in [0.25, 0.3) is 0 Å². The number of nitrogens with one attached hydrogen (secondary N) is 1. The Labute approximate surface area is 176 Å². The van der Waals surface area contributed by atoms with Crippen LogP contribution < -0.4 is 19.7 Å². The predicted octanol–water partition coefficient (Wildman–Crippen LogP) is 2.74. The van der Waals surface area contributed by atoms with Crippen molar-refractivity contribution in [2.45, 2.75) is 33.3 Å². The highest BCUT2D eigenvalue weighted by Gasteiger charge is 2.36. The van der Waals surface area contributed by atoms with E-state index in [0.29, 0.717) is 32.9 Å². The summed E-state index contributed by atoms with van der Waals surface area (Å²) in [7, 11) is 0. The lowest BCUT2D eigenvalue weighted by atomic mass is 10.1. The second-order valence-electron chi connectivity index (χ2n) is 7.32. The number of amides is 2. The average Bonchev–Trinajstić information content (AvgIpc) is 3.38. The van der Waals surface area contributed by atoms with E-state index in [1.807, 2.05) is 0 Å². The van der Waals surface area contributed by atoms with Gasteiger partial charge in [-0.2, -0.15) is 0 Å². The van der Waals surface area contributed by atoms with Crippen LogP contribution in [0, 0.1) is 12.8 Å². The van der Waals surface area contributed by atoms with Gasteiger partial charge in [0.1, 0.15) is 4.88 Å². The first kappa shape index (κ1) is 20.1. The largest absolute Gasteiger partial charge is 0.459 e. The first-order valence-electron chi connectivity index (χ1n) is 9.51. The molecule has 1 unspecified atom stereocenters. The molecule has 1 aromatic carbocycles. The second-order valence-corrected chi connectivity index (χ2v) is 8.32. The minimum Gasteiger partial charge on any atom is -0.459 e. The standard InChI is InChI=1S/C20H21N3O6S/c1-10(2)29-19(26)17-11(3)21-20(30-17)22-18(25)12-6-16(24)23(8-12)13-4-5-14-15(7-13)28-9-27-14/h4-5,7,10,12H,6,8-9H2,1-3H3,(H,21,22,25). The van der Waals surface area contributed by atoms with Crippen molar-refractivity contribution in [3.63, 3.8) is 0 Å². The Morgan fingerprint density at radius 2 is 2.07 bits per heavy atom. The minimum absolute atomic E-state index is 0.0902. The number of carbonyl (C=O) groups excluding carboxylic acids is 3. The lowest BCUT2D eigenvalue weighted by Crippen LogP contribution is -2.28. The van der Waals surface area contributed by atoms with Gasteiger partial charge in [-0.05, 0) is 32.9 Å². The molecule has 2 aliphatic heterocycles. The SMILES string of the molecule is Cc1nc(NC(=O)C2CC(=O)N(c3ccc4c(c3)OCO4)C2)sc1C(=O)OC(C)C. The Hall–Kier alpha value is -3.14. The van der Waals surface area contributed by atoms with Gasteiger partial charge in [-0.3, -0.25) is 9.59 Å². The van der Waals surface area contributed by atoms with Crippen molar-refractivity contribution in [1.82, 2.24) is 4.98 Å². The van der Waals surface area contributed by atoms with Crippen LogP contribution in [0.3, 0.4) is 0 Å². The summed E-state index contributed by atoms with van der Waals surface area (Å²) in [5, 5.41) is 3.03. The maximum atomic E-state index is 12.7. The molecule has 1 saturated heterocycles. The van der Waals surface area contributed by atoms with Crippen molar-refractivity contribution in [2.24, 2.45) is 5.92 Å². The van der Waals surface area contributed by atoms with Gasteiger partial charge in [-0.1, -0.05) is 11.3 Å². The summed E-state index contributed by atoms with van der Waals surface area (Å²) in [4.78, 5) is 43.5. The van der Waals surface area contributed by atoms with E-state index in [1.54, 1.807) is 43.9 Å². The number of hydrogen-bond acceptors (Lipinski definition) is 8. The fourth-order valence-corrected chi connectivity index (χ4v) is 4.15. The third-order valence-corrected chi connectivity index (χ3v) is 5.77. The van der Waals surface area contributed by atoms with Crippen molar-refractivity contribution < 1.29 is 28.6 Å². The van der Waals surface area contributed by atoms with Crippen LogP contribution in [0.5, 0.6) is 11.5 Å². The van der Waals surface area contributed by atoms with Crippen LogP contribution in [0.25, 0.3) is 0 Å². The van der Waals surface area contributed by atoms with Gasteiger partial charge in [0.05, 0.1) is 17.7 Å². The van der Waals surface area contributed by atoms with Crippen molar-refractivity contribution in [1.29, 1.82) is 0 Å². The van der Waals surface area contributed by atoms with Gasteiger partial charge in [-0.25, -0.2) is 9.78 Å². The number of carbonyl (C=O) groups is 3. The van der Waals surface area contributed by atoms with Gasteiger partial charge in [0.2, 0.25) is 18.6 Å². The number of benzene rings is 1. The Kier molecular flexibility index (Phi) is 5.33. The molecule has 158 valence electrons. The fourth-order valence-electron chi connectivity index (χ4n) is 3.30. The van der Waals surface area contributed by atoms with Crippen LogP contribution in [-0.2, 0) is 14.3 Å². The molecule has 30 heavy (non-hydrogen) atoms. The highest BCUT2D eigenvalue weighted by atomic mass is 32.1. The van der Waals surface area contributed by atoms with Gasteiger partial charge >= 0.3 is 5.97 Å². The zero-order valence-electron chi connectivity index (χ0n) is 16.8. The molecule has 4 rings (SSSR count). The quantitative estimate of drug-likeness (QED) is 0.726. The lowest BCUT2D eigenvalue weighted by molar-refractivity contribution is -0.122. The topological polar surface area (TPSA) is 107 Å². The van der Waals surface area contributed by atoms with Crippen LogP contribution in [0.15, 0.2) is 18.2 Å². The first-order chi connectivity index (χ1) is 14.3. The summed E-state index contributed by atoms with van der Waals surface area (Å²) in [5.41, 5.74) is 1.15. The Bertz CT molecular complexity index is 1020. The molecule has 0 bridgehead atoms. The Morgan fingerprint density at radius 1 is 1.30 bits per heavy atom. The molecule has 10 heteroatoms. The van der Waals surface area contributed by atoms with Crippen molar-refractivity contribution in [3.05, 3.63) is 28.8 Å². The Balaban J connectivity index is 1.42. The molecule has 0 radical (unpaired) electrons. The molecule has 1 atom stereocenters. The number of aryl methyl sites for hydroxylation is 1. The number of thiazole rings is 1. The molecule has 3 heterocycles. The number of fused-ring (bicyclic) bond motifs is 1. The van der Waals surface area contributed by atoms with E-state index in [0.717, 1.165) is 11.3 Å². The van der Waals surface area contributed by atoms with Crippen LogP contribution in [0.4, 0.5) is 10.8 Å². The molecule has 1 N–H and O–H groups in total. The number of anilines is 2. The number of ether oxygens (including phenoxy) is 3. The molecular weight excluding hydrogens is 410 g/mol. The number of esters is 1.